The second-order valence-corrected chi connectivity index (χ2v) is 7.07. The maximum absolute atomic E-state index is 9.50. The second kappa shape index (κ2) is 6.64. The van der Waals surface area contributed by atoms with Gasteiger partial charge in [-0.25, -0.2) is 4.98 Å². The Morgan fingerprint density at radius 3 is 2.56 bits per heavy atom. The summed E-state index contributed by atoms with van der Waals surface area (Å²) in [5.74, 6) is 0. The normalized spacial score (nSPS) is 14.2. The van der Waals surface area contributed by atoms with E-state index in [0.717, 1.165) is 24.4 Å². The van der Waals surface area contributed by atoms with Crippen LogP contribution in [0.2, 0.25) is 0 Å². The number of nitrogens with zero attached hydrogens (tertiary/aromatic N) is 2. The Bertz CT molecular complexity index is 357. The van der Waals surface area contributed by atoms with Crippen LogP contribution in [0.1, 0.15) is 37.9 Å². The maximum Gasteiger partial charge on any atom is 0.0897 e. The second-order valence-electron chi connectivity index (χ2n) is 6.01. The molecule has 0 aliphatic heterocycles. The molecule has 0 aliphatic rings. The average Bonchev–Trinajstić information content (AvgIpc) is 2.63. The van der Waals surface area contributed by atoms with Crippen LogP contribution in [0.5, 0.6) is 0 Å². The van der Waals surface area contributed by atoms with Crippen molar-refractivity contribution in [3.05, 3.63) is 16.1 Å². The zero-order chi connectivity index (χ0) is 13.8. The molecule has 0 radical (unpaired) electrons. The minimum atomic E-state index is 0.112. The summed E-state index contributed by atoms with van der Waals surface area (Å²) in [6.45, 7) is 9.78. The van der Waals surface area contributed by atoms with Gasteiger partial charge in [-0.2, -0.15) is 0 Å². The molecule has 0 saturated heterocycles. The molecule has 18 heavy (non-hydrogen) atoms. The first-order valence-corrected chi connectivity index (χ1v) is 7.44. The molecule has 3 nitrogen and oxygen atoms in total. The lowest BCUT2D eigenvalue weighted by molar-refractivity contribution is 0.0656. The number of aliphatic hydroxyl groups excluding tert-OH is 1. The van der Waals surface area contributed by atoms with Crippen LogP contribution in [-0.4, -0.2) is 41.2 Å². The third-order valence-corrected chi connectivity index (χ3v) is 4.14. The zero-order valence-electron chi connectivity index (χ0n) is 12.2. The summed E-state index contributed by atoms with van der Waals surface area (Å²) in [5.41, 5.74) is 1.31. The quantitative estimate of drug-likeness (QED) is 0.863. The number of aryl methyl sites for hydroxylation is 2. The van der Waals surface area contributed by atoms with Gasteiger partial charge < -0.3 is 10.0 Å². The van der Waals surface area contributed by atoms with E-state index in [1.807, 2.05) is 6.92 Å². The number of hydrogen-bond acceptors (Lipinski definition) is 4. The number of aliphatic hydroxyl groups is 1. The first-order chi connectivity index (χ1) is 8.34. The van der Waals surface area contributed by atoms with Crippen molar-refractivity contribution in [3.8, 4) is 0 Å². The maximum atomic E-state index is 9.50. The minimum Gasteiger partial charge on any atom is -0.395 e. The fourth-order valence-electron chi connectivity index (χ4n) is 2.26. The highest BCUT2D eigenvalue weighted by Gasteiger charge is 2.27. The Morgan fingerprint density at radius 1 is 1.44 bits per heavy atom. The lowest BCUT2D eigenvalue weighted by atomic mass is 9.86. The highest BCUT2D eigenvalue weighted by Crippen LogP contribution is 2.23. The van der Waals surface area contributed by atoms with E-state index in [1.54, 1.807) is 11.3 Å². The van der Waals surface area contributed by atoms with Crippen molar-refractivity contribution in [3.63, 3.8) is 0 Å². The van der Waals surface area contributed by atoms with Crippen molar-refractivity contribution in [2.24, 2.45) is 5.41 Å². The molecule has 0 bridgehead atoms. The summed E-state index contributed by atoms with van der Waals surface area (Å²) < 4.78 is 0. The molecule has 0 saturated carbocycles. The largest absolute Gasteiger partial charge is 0.395 e. The van der Waals surface area contributed by atoms with E-state index in [9.17, 15) is 5.11 Å². The molecule has 104 valence electrons. The van der Waals surface area contributed by atoms with Gasteiger partial charge in [-0.15, -0.1) is 11.3 Å². The summed E-state index contributed by atoms with van der Waals surface area (Å²) in [5, 5.41) is 12.8. The summed E-state index contributed by atoms with van der Waals surface area (Å²) >= 11 is 1.71. The van der Waals surface area contributed by atoms with Crippen molar-refractivity contribution in [2.75, 3.05) is 20.2 Å². The third-order valence-electron chi connectivity index (χ3n) is 3.31. The molecule has 0 amide bonds. The predicted octanol–water partition coefficient (Wildman–Crippen LogP) is 2.72. The van der Waals surface area contributed by atoms with E-state index < -0.39 is 0 Å². The van der Waals surface area contributed by atoms with Gasteiger partial charge >= 0.3 is 0 Å². The van der Waals surface area contributed by atoms with E-state index >= 15 is 0 Å². The molecular formula is C14H26N2OS. The standard InChI is InChI=1S/C14H26N2OS/c1-11-15-12(10-18-11)7-6-8-16(5)13(9-17)14(2,3)4/h10,13,17H,6-9H2,1-5H3. The lowest BCUT2D eigenvalue weighted by Crippen LogP contribution is -2.44. The summed E-state index contributed by atoms with van der Waals surface area (Å²) in [6, 6.07) is 0.217. The van der Waals surface area contributed by atoms with Crippen LogP contribution in [0.3, 0.4) is 0 Å². The van der Waals surface area contributed by atoms with Gasteiger partial charge in [0.15, 0.2) is 0 Å². The molecule has 1 aromatic heterocycles. The van der Waals surface area contributed by atoms with Gasteiger partial charge in [0.05, 0.1) is 17.3 Å². The third kappa shape index (κ3) is 4.67. The first-order valence-electron chi connectivity index (χ1n) is 6.56. The van der Waals surface area contributed by atoms with E-state index in [-0.39, 0.29) is 18.1 Å². The van der Waals surface area contributed by atoms with Crippen molar-refractivity contribution in [1.29, 1.82) is 0 Å². The van der Waals surface area contributed by atoms with Gasteiger partial charge in [0.25, 0.3) is 0 Å². The van der Waals surface area contributed by atoms with Crippen LogP contribution in [-0.2, 0) is 6.42 Å². The van der Waals surface area contributed by atoms with Crippen LogP contribution >= 0.6 is 11.3 Å². The monoisotopic (exact) mass is 270 g/mol. The number of rotatable bonds is 6. The molecule has 1 heterocycles. The highest BCUT2D eigenvalue weighted by atomic mass is 32.1. The van der Waals surface area contributed by atoms with Gasteiger partial charge in [0, 0.05) is 11.4 Å². The smallest absolute Gasteiger partial charge is 0.0897 e. The van der Waals surface area contributed by atoms with Crippen molar-refractivity contribution in [1.82, 2.24) is 9.88 Å². The van der Waals surface area contributed by atoms with E-state index in [2.05, 4.69) is 43.1 Å². The topological polar surface area (TPSA) is 36.4 Å². The Labute approximate surface area is 115 Å². The van der Waals surface area contributed by atoms with E-state index in [1.165, 1.54) is 5.69 Å². The fraction of sp³-hybridized carbons (Fsp3) is 0.786. The van der Waals surface area contributed by atoms with Crippen molar-refractivity contribution >= 4 is 11.3 Å². The van der Waals surface area contributed by atoms with Crippen LogP contribution in [0.4, 0.5) is 0 Å². The summed E-state index contributed by atoms with van der Waals surface area (Å²) in [4.78, 5) is 6.74. The zero-order valence-corrected chi connectivity index (χ0v) is 13.0. The number of thiazole rings is 1. The van der Waals surface area contributed by atoms with Gasteiger partial charge in [0.1, 0.15) is 0 Å². The van der Waals surface area contributed by atoms with Crippen molar-refractivity contribution in [2.45, 2.75) is 46.6 Å². The SMILES string of the molecule is Cc1nc(CCCN(C)C(CO)C(C)(C)C)cs1. The molecule has 0 aromatic carbocycles. The Balaban J connectivity index is 2.38. The average molecular weight is 270 g/mol. The number of aromatic nitrogens is 1. The molecule has 0 fully saturated rings. The van der Waals surface area contributed by atoms with Crippen LogP contribution in [0.15, 0.2) is 5.38 Å². The molecule has 1 aromatic rings. The van der Waals surface area contributed by atoms with Gasteiger partial charge in [-0.05, 0) is 38.8 Å². The Morgan fingerprint density at radius 2 is 2.11 bits per heavy atom. The lowest BCUT2D eigenvalue weighted by Gasteiger charge is -2.36. The molecule has 4 heteroatoms. The van der Waals surface area contributed by atoms with Gasteiger partial charge in [0.2, 0.25) is 0 Å². The Hall–Kier alpha value is -0.450. The molecular weight excluding hydrogens is 244 g/mol. The molecule has 1 N–H and O–H groups in total. The van der Waals surface area contributed by atoms with E-state index in [4.69, 9.17) is 0 Å². The molecule has 1 unspecified atom stereocenters. The molecule has 1 atom stereocenters. The van der Waals surface area contributed by atoms with Crippen LogP contribution < -0.4 is 0 Å². The fourth-order valence-corrected chi connectivity index (χ4v) is 2.91. The van der Waals surface area contributed by atoms with Gasteiger partial charge in [-0.3, -0.25) is 0 Å². The molecule has 0 aliphatic carbocycles. The van der Waals surface area contributed by atoms with Gasteiger partial charge in [-0.1, -0.05) is 20.8 Å². The number of hydrogen-bond donors (Lipinski definition) is 1. The first kappa shape index (κ1) is 15.6. The van der Waals surface area contributed by atoms with E-state index in [0.29, 0.717) is 0 Å². The molecule has 0 spiro atoms. The summed E-state index contributed by atoms with van der Waals surface area (Å²) in [7, 11) is 2.10. The van der Waals surface area contributed by atoms with Crippen LogP contribution in [0.25, 0.3) is 0 Å². The minimum absolute atomic E-state index is 0.112. The highest BCUT2D eigenvalue weighted by molar-refractivity contribution is 7.09. The number of likely N-dealkylation sites (N-methyl/N-ethyl adjacent to an activating group) is 1. The van der Waals surface area contributed by atoms with Crippen LogP contribution in [0, 0.1) is 12.3 Å². The summed E-state index contributed by atoms with van der Waals surface area (Å²) in [6.07, 6.45) is 2.11. The Kier molecular flexibility index (Phi) is 5.76. The predicted molar refractivity (Wildman–Crippen MR) is 78.1 cm³/mol. The molecule has 1 rings (SSSR count). The van der Waals surface area contributed by atoms with Crippen molar-refractivity contribution < 1.29 is 5.11 Å².